The summed E-state index contributed by atoms with van der Waals surface area (Å²) in [6.07, 6.45) is 0.893. The van der Waals surface area contributed by atoms with Crippen molar-refractivity contribution in [3.05, 3.63) is 48.0 Å². The SMILES string of the molecule is CC(C)(C)C(=O)OC(OC(=O)C(C)(C)C)Oc1ccc(CCCCS(=O)(=O)O)c(P=O)c1Oc1ccccc1. The summed E-state index contributed by atoms with van der Waals surface area (Å²) >= 11 is 0. The Morgan fingerprint density at radius 2 is 1.46 bits per heavy atom. The Balaban J connectivity index is 2.48. The topological polar surface area (TPSA) is 142 Å². The molecule has 0 atom stereocenters. The highest BCUT2D eigenvalue weighted by Gasteiger charge is 2.34. The van der Waals surface area contributed by atoms with E-state index in [0.717, 1.165) is 0 Å². The molecule has 2 aromatic carbocycles. The van der Waals surface area contributed by atoms with Crippen LogP contribution in [0.5, 0.6) is 17.2 Å². The number of aryl methyl sites for hydroxylation is 1. The van der Waals surface area contributed by atoms with E-state index in [2.05, 4.69) is 0 Å². The van der Waals surface area contributed by atoms with Gasteiger partial charge in [0.15, 0.2) is 20.0 Å². The number of unbranched alkanes of at least 4 members (excludes halogenated alkanes) is 1. The number of carbonyl (C=O) groups is 2. The van der Waals surface area contributed by atoms with Gasteiger partial charge in [0, 0.05) is 0 Å². The molecule has 0 radical (unpaired) electrons. The lowest BCUT2D eigenvalue weighted by Crippen LogP contribution is -2.37. The first-order chi connectivity index (χ1) is 18.0. The fourth-order valence-corrected chi connectivity index (χ4v) is 4.11. The minimum absolute atomic E-state index is 0.00712. The highest BCUT2D eigenvalue weighted by atomic mass is 32.2. The average Bonchev–Trinajstić information content (AvgIpc) is 2.82. The number of para-hydroxylation sites is 1. The summed E-state index contributed by atoms with van der Waals surface area (Å²) in [5.41, 5.74) is -1.27. The second-order valence-electron chi connectivity index (χ2n) is 10.9. The van der Waals surface area contributed by atoms with Crippen LogP contribution in [-0.4, -0.2) is 37.1 Å². The van der Waals surface area contributed by atoms with Gasteiger partial charge >= 0.3 is 18.4 Å². The molecular weight excluding hydrogens is 547 g/mol. The molecule has 1 N–H and O–H groups in total. The first-order valence-electron chi connectivity index (χ1n) is 12.3. The zero-order valence-corrected chi connectivity index (χ0v) is 24.6. The molecule has 0 amide bonds. The largest absolute Gasteiger partial charge is 0.452 e. The fraction of sp³-hybridized carbons (Fsp3) is 0.481. The maximum absolute atomic E-state index is 12.6. The maximum atomic E-state index is 12.6. The van der Waals surface area contributed by atoms with Crippen molar-refractivity contribution in [1.29, 1.82) is 0 Å². The van der Waals surface area contributed by atoms with Crippen LogP contribution in [0.1, 0.15) is 59.9 Å². The molecule has 0 heterocycles. The molecule has 39 heavy (non-hydrogen) atoms. The molecule has 0 saturated carbocycles. The van der Waals surface area contributed by atoms with Crippen molar-refractivity contribution in [2.75, 3.05) is 5.75 Å². The van der Waals surface area contributed by atoms with Crippen LogP contribution in [0, 0.1) is 10.8 Å². The standard InChI is InChI=1S/C27H35O10PS/c1-26(2,3)23(28)36-25(37-24(29)27(4,5)6)35-20-16-15-18(12-10-11-17-39(31,32)33)22(38-30)21(20)34-19-13-8-7-9-14-19/h7-9,13-16,25H,10-12,17H2,1-6H3,(H,31,32,33). The summed E-state index contributed by atoms with van der Waals surface area (Å²) in [7, 11) is -4.52. The summed E-state index contributed by atoms with van der Waals surface area (Å²) < 4.78 is 66.1. The molecule has 0 saturated heterocycles. The van der Waals surface area contributed by atoms with E-state index in [1.807, 2.05) is 0 Å². The molecule has 0 unspecified atom stereocenters. The van der Waals surface area contributed by atoms with Gasteiger partial charge in [-0.1, -0.05) is 24.3 Å². The Morgan fingerprint density at radius 1 is 0.897 bits per heavy atom. The van der Waals surface area contributed by atoms with E-state index in [1.54, 1.807) is 77.9 Å². The first-order valence-corrected chi connectivity index (χ1v) is 14.7. The van der Waals surface area contributed by atoms with Crippen LogP contribution < -0.4 is 14.8 Å². The van der Waals surface area contributed by atoms with E-state index in [-0.39, 0.29) is 23.2 Å². The normalized spacial score (nSPS) is 12.3. The second kappa shape index (κ2) is 13.4. The van der Waals surface area contributed by atoms with Crippen LogP contribution in [-0.2, 0) is 40.2 Å². The Morgan fingerprint density at radius 3 is 1.95 bits per heavy atom. The van der Waals surface area contributed by atoms with Crippen LogP contribution >= 0.6 is 8.46 Å². The molecular formula is C27H35O10PS. The van der Waals surface area contributed by atoms with Gasteiger partial charge in [-0.15, -0.1) is 0 Å². The number of carbonyl (C=O) groups excluding carboxylic acids is 2. The summed E-state index contributed by atoms with van der Waals surface area (Å²) in [6.45, 7) is 8.03. The molecule has 0 bridgehead atoms. The lowest BCUT2D eigenvalue weighted by atomic mass is 9.97. The minimum Gasteiger partial charge on any atom is -0.452 e. The summed E-state index contributed by atoms with van der Waals surface area (Å²) in [6, 6.07) is 11.7. The van der Waals surface area contributed by atoms with Crippen LogP contribution in [0.2, 0.25) is 0 Å². The molecule has 2 aromatic rings. The minimum atomic E-state index is -4.10. The third-order valence-corrected chi connectivity index (χ3v) is 6.66. The molecule has 0 aliphatic heterocycles. The van der Waals surface area contributed by atoms with Gasteiger partial charge in [0.05, 0.1) is 21.9 Å². The molecule has 214 valence electrons. The van der Waals surface area contributed by atoms with Gasteiger partial charge in [-0.05, 0) is 84.6 Å². The predicted octanol–water partition coefficient (Wildman–Crippen LogP) is 5.45. The maximum Gasteiger partial charge on any atom is 0.410 e. The van der Waals surface area contributed by atoms with Gasteiger partial charge in [-0.3, -0.25) is 18.7 Å². The van der Waals surface area contributed by atoms with Crippen molar-refractivity contribution >= 4 is 35.8 Å². The lowest BCUT2D eigenvalue weighted by molar-refractivity contribution is -0.245. The number of hydrogen-bond donors (Lipinski definition) is 1. The zero-order chi connectivity index (χ0) is 29.4. The molecule has 0 fully saturated rings. The predicted molar refractivity (Wildman–Crippen MR) is 145 cm³/mol. The van der Waals surface area contributed by atoms with Gasteiger partial charge in [0.25, 0.3) is 10.1 Å². The molecule has 12 heteroatoms. The first kappa shape index (κ1) is 32.2. The van der Waals surface area contributed by atoms with Crippen molar-refractivity contribution in [3.63, 3.8) is 0 Å². The smallest absolute Gasteiger partial charge is 0.410 e. The lowest BCUT2D eigenvalue weighted by Gasteiger charge is -2.26. The van der Waals surface area contributed by atoms with E-state index in [1.165, 1.54) is 6.07 Å². The van der Waals surface area contributed by atoms with Crippen LogP contribution in [0.3, 0.4) is 0 Å². The van der Waals surface area contributed by atoms with Crippen molar-refractivity contribution in [1.82, 2.24) is 0 Å². The van der Waals surface area contributed by atoms with E-state index in [0.29, 0.717) is 24.2 Å². The van der Waals surface area contributed by atoms with Crippen molar-refractivity contribution in [2.45, 2.75) is 67.3 Å². The molecule has 10 nitrogen and oxygen atoms in total. The van der Waals surface area contributed by atoms with Gasteiger partial charge < -0.3 is 18.9 Å². The number of rotatable bonds is 12. The number of ether oxygens (including phenoxy) is 4. The van der Waals surface area contributed by atoms with Crippen molar-refractivity contribution < 1.29 is 46.1 Å². The zero-order valence-electron chi connectivity index (χ0n) is 22.9. The number of benzene rings is 2. The Bertz CT molecular complexity index is 1230. The highest BCUT2D eigenvalue weighted by Crippen LogP contribution is 2.35. The van der Waals surface area contributed by atoms with Crippen LogP contribution in [0.4, 0.5) is 0 Å². The molecule has 0 aliphatic carbocycles. The fourth-order valence-electron chi connectivity index (χ4n) is 3.00. The van der Waals surface area contributed by atoms with Gasteiger partial charge in [-0.2, -0.15) is 8.42 Å². The Hall–Kier alpha value is -3.01. The van der Waals surface area contributed by atoms with E-state index in [9.17, 15) is 22.6 Å². The Kier molecular flexibility index (Phi) is 11.0. The summed E-state index contributed by atoms with van der Waals surface area (Å²) in [4.78, 5) is 25.3. The van der Waals surface area contributed by atoms with Crippen molar-refractivity contribution in [3.8, 4) is 17.2 Å². The quantitative estimate of drug-likeness (QED) is 0.113. The number of esters is 2. The van der Waals surface area contributed by atoms with E-state index < -0.39 is 53.6 Å². The monoisotopic (exact) mass is 582 g/mol. The molecule has 0 spiro atoms. The van der Waals surface area contributed by atoms with Gasteiger partial charge in [0.2, 0.25) is 0 Å². The third kappa shape index (κ3) is 10.6. The summed E-state index contributed by atoms with van der Waals surface area (Å²) in [5.74, 6) is -1.34. The molecule has 2 rings (SSSR count). The Labute approximate surface area is 230 Å². The van der Waals surface area contributed by atoms with Crippen molar-refractivity contribution in [2.24, 2.45) is 10.8 Å². The third-order valence-electron chi connectivity index (χ3n) is 5.19. The summed E-state index contributed by atoms with van der Waals surface area (Å²) in [5, 5.41) is 0.214. The van der Waals surface area contributed by atoms with Gasteiger partial charge in [-0.25, -0.2) is 0 Å². The van der Waals surface area contributed by atoms with Crippen LogP contribution in [0.25, 0.3) is 0 Å². The van der Waals surface area contributed by atoms with E-state index in [4.69, 9.17) is 23.5 Å². The van der Waals surface area contributed by atoms with E-state index >= 15 is 0 Å². The molecule has 0 aromatic heterocycles. The highest BCUT2D eigenvalue weighted by molar-refractivity contribution is 7.85. The average molecular weight is 583 g/mol. The van der Waals surface area contributed by atoms with Gasteiger partial charge in [0.1, 0.15) is 5.75 Å². The number of hydrogen-bond acceptors (Lipinski definition) is 9. The molecule has 0 aliphatic rings. The van der Waals surface area contributed by atoms with Crippen LogP contribution in [0.15, 0.2) is 42.5 Å². The second-order valence-corrected chi connectivity index (χ2v) is 13.1.